The minimum Gasteiger partial charge on any atom is -0.378 e. The van der Waals surface area contributed by atoms with Crippen LogP contribution in [0.15, 0.2) is 42.5 Å². The number of carbonyl (C=O) groups excluding carboxylic acids is 1. The molecule has 0 aliphatic carbocycles. The van der Waals surface area contributed by atoms with Gasteiger partial charge in [0.1, 0.15) is 0 Å². The van der Waals surface area contributed by atoms with Crippen LogP contribution < -0.4 is 15.5 Å². The van der Waals surface area contributed by atoms with Crippen LogP contribution in [0.4, 0.5) is 16.2 Å². The molecule has 0 heterocycles. The van der Waals surface area contributed by atoms with Crippen molar-refractivity contribution < 1.29 is 4.79 Å². The number of hydrogen-bond donors (Lipinski definition) is 2. The molecule has 0 aliphatic heterocycles. The molecule has 2 aromatic rings. The molecule has 0 bridgehead atoms. The summed E-state index contributed by atoms with van der Waals surface area (Å²) in [5.74, 6) is 0. The van der Waals surface area contributed by atoms with E-state index < -0.39 is 0 Å². The third-order valence-corrected chi connectivity index (χ3v) is 3.59. The number of amides is 2. The highest BCUT2D eigenvalue weighted by molar-refractivity contribution is 6.33. The van der Waals surface area contributed by atoms with Gasteiger partial charge in [-0.1, -0.05) is 29.8 Å². The monoisotopic (exact) mass is 317 g/mol. The average molecular weight is 318 g/mol. The van der Waals surface area contributed by atoms with Crippen molar-refractivity contribution in [1.82, 2.24) is 5.32 Å². The second-order valence-corrected chi connectivity index (χ2v) is 5.76. The number of halogens is 1. The van der Waals surface area contributed by atoms with Crippen molar-refractivity contribution >= 4 is 29.0 Å². The molecule has 22 heavy (non-hydrogen) atoms. The molecule has 2 rings (SSSR count). The van der Waals surface area contributed by atoms with Gasteiger partial charge in [-0.05, 0) is 42.3 Å². The Hall–Kier alpha value is -2.20. The van der Waals surface area contributed by atoms with Crippen molar-refractivity contribution in [2.24, 2.45) is 0 Å². The Balaban J connectivity index is 1.89. The van der Waals surface area contributed by atoms with E-state index in [0.29, 0.717) is 17.3 Å². The molecule has 0 aromatic heterocycles. The first-order valence-electron chi connectivity index (χ1n) is 7.03. The maximum absolute atomic E-state index is 11.9. The lowest BCUT2D eigenvalue weighted by Gasteiger charge is -2.13. The Morgan fingerprint density at radius 3 is 2.41 bits per heavy atom. The smallest absolute Gasteiger partial charge is 0.319 e. The highest BCUT2D eigenvalue weighted by Crippen LogP contribution is 2.22. The van der Waals surface area contributed by atoms with Gasteiger partial charge in [0, 0.05) is 26.3 Å². The molecule has 0 radical (unpaired) electrons. The Bertz CT molecular complexity index is 653. The van der Waals surface area contributed by atoms with E-state index in [1.165, 1.54) is 0 Å². The van der Waals surface area contributed by atoms with E-state index in [9.17, 15) is 4.79 Å². The molecule has 0 unspecified atom stereocenters. The topological polar surface area (TPSA) is 44.4 Å². The largest absolute Gasteiger partial charge is 0.378 e. The van der Waals surface area contributed by atoms with Crippen LogP contribution in [0.5, 0.6) is 0 Å². The van der Waals surface area contributed by atoms with Crippen molar-refractivity contribution in [3.63, 3.8) is 0 Å². The summed E-state index contributed by atoms with van der Waals surface area (Å²) in [5.41, 5.74) is 3.82. The van der Waals surface area contributed by atoms with Crippen LogP contribution >= 0.6 is 11.6 Å². The molecule has 2 N–H and O–H groups in total. The van der Waals surface area contributed by atoms with Gasteiger partial charge in [-0.25, -0.2) is 4.79 Å². The maximum Gasteiger partial charge on any atom is 0.319 e. The van der Waals surface area contributed by atoms with Crippen molar-refractivity contribution in [1.29, 1.82) is 0 Å². The number of aryl methyl sites for hydroxylation is 1. The van der Waals surface area contributed by atoms with E-state index in [0.717, 1.165) is 16.8 Å². The van der Waals surface area contributed by atoms with Crippen LogP contribution in [-0.4, -0.2) is 20.1 Å². The first kappa shape index (κ1) is 16.2. The second kappa shape index (κ2) is 7.18. The summed E-state index contributed by atoms with van der Waals surface area (Å²) in [7, 11) is 3.98. The minimum atomic E-state index is -0.276. The van der Waals surface area contributed by atoms with E-state index in [1.807, 2.05) is 62.3 Å². The summed E-state index contributed by atoms with van der Waals surface area (Å²) in [6.45, 7) is 2.41. The molecule has 0 spiro atoms. The molecule has 0 fully saturated rings. The first-order chi connectivity index (χ1) is 10.5. The van der Waals surface area contributed by atoms with Crippen LogP contribution in [0.3, 0.4) is 0 Å². The zero-order chi connectivity index (χ0) is 16.1. The summed E-state index contributed by atoms with van der Waals surface area (Å²) in [6.07, 6.45) is 0. The normalized spacial score (nSPS) is 10.2. The second-order valence-electron chi connectivity index (χ2n) is 5.35. The average Bonchev–Trinajstić information content (AvgIpc) is 2.48. The van der Waals surface area contributed by atoms with Crippen molar-refractivity contribution in [3.8, 4) is 0 Å². The number of hydrogen-bond acceptors (Lipinski definition) is 2. The molecule has 0 saturated heterocycles. The van der Waals surface area contributed by atoms with Gasteiger partial charge in [0.2, 0.25) is 0 Å². The molecule has 5 heteroatoms. The molecule has 0 saturated carbocycles. The highest BCUT2D eigenvalue weighted by Gasteiger charge is 2.05. The van der Waals surface area contributed by atoms with Gasteiger partial charge in [0.15, 0.2) is 0 Å². The Kier molecular flexibility index (Phi) is 5.28. The first-order valence-corrected chi connectivity index (χ1v) is 7.41. The highest BCUT2D eigenvalue weighted by atomic mass is 35.5. The Morgan fingerprint density at radius 2 is 1.82 bits per heavy atom. The molecule has 2 amide bonds. The summed E-state index contributed by atoms with van der Waals surface area (Å²) < 4.78 is 0. The quantitative estimate of drug-likeness (QED) is 0.894. The summed E-state index contributed by atoms with van der Waals surface area (Å²) in [6, 6.07) is 13.3. The number of anilines is 2. The van der Waals surface area contributed by atoms with Crippen LogP contribution in [0.1, 0.15) is 11.1 Å². The van der Waals surface area contributed by atoms with Gasteiger partial charge in [-0.15, -0.1) is 0 Å². The van der Waals surface area contributed by atoms with Gasteiger partial charge < -0.3 is 15.5 Å². The van der Waals surface area contributed by atoms with Crippen LogP contribution in [0, 0.1) is 6.92 Å². The third kappa shape index (κ3) is 4.40. The predicted octanol–water partition coefficient (Wildman–Crippen LogP) is 4.04. The van der Waals surface area contributed by atoms with Crippen molar-refractivity contribution in [3.05, 3.63) is 58.6 Å². The number of carbonyl (C=O) groups is 1. The fraction of sp³-hybridized carbons (Fsp3) is 0.235. The van der Waals surface area contributed by atoms with Gasteiger partial charge in [-0.3, -0.25) is 0 Å². The van der Waals surface area contributed by atoms with Gasteiger partial charge in [0.25, 0.3) is 0 Å². The Morgan fingerprint density at radius 1 is 1.14 bits per heavy atom. The van der Waals surface area contributed by atoms with E-state index in [2.05, 4.69) is 10.6 Å². The maximum atomic E-state index is 11.9. The third-order valence-electron chi connectivity index (χ3n) is 3.28. The van der Waals surface area contributed by atoms with Crippen molar-refractivity contribution in [2.45, 2.75) is 13.5 Å². The lowest BCUT2D eigenvalue weighted by Crippen LogP contribution is -2.28. The van der Waals surface area contributed by atoms with Gasteiger partial charge in [-0.2, -0.15) is 0 Å². The number of urea groups is 1. The molecule has 116 valence electrons. The zero-order valence-electron chi connectivity index (χ0n) is 13.0. The number of nitrogens with one attached hydrogen (secondary N) is 2. The Labute approximate surface area is 136 Å². The standard InChI is InChI=1S/C17H20ClN3O/c1-12-4-9-16(15(18)10-12)20-17(22)19-11-13-5-7-14(8-6-13)21(2)3/h4-10H,11H2,1-3H3,(H2,19,20,22). The molecular formula is C17H20ClN3O. The SMILES string of the molecule is Cc1ccc(NC(=O)NCc2ccc(N(C)C)cc2)c(Cl)c1. The van der Waals surface area contributed by atoms with Crippen LogP contribution in [0.25, 0.3) is 0 Å². The summed E-state index contributed by atoms with van der Waals surface area (Å²) in [5, 5.41) is 6.10. The number of rotatable bonds is 4. The fourth-order valence-corrected chi connectivity index (χ4v) is 2.26. The fourth-order valence-electron chi connectivity index (χ4n) is 1.98. The molecule has 0 atom stereocenters. The number of benzene rings is 2. The zero-order valence-corrected chi connectivity index (χ0v) is 13.7. The van der Waals surface area contributed by atoms with Gasteiger partial charge in [0.05, 0.1) is 10.7 Å². The lowest BCUT2D eigenvalue weighted by atomic mass is 10.2. The van der Waals surface area contributed by atoms with E-state index in [4.69, 9.17) is 11.6 Å². The van der Waals surface area contributed by atoms with Crippen LogP contribution in [0.2, 0.25) is 5.02 Å². The molecule has 2 aromatic carbocycles. The summed E-state index contributed by atoms with van der Waals surface area (Å²) >= 11 is 6.09. The number of nitrogens with zero attached hydrogens (tertiary/aromatic N) is 1. The molecule has 4 nitrogen and oxygen atoms in total. The van der Waals surface area contributed by atoms with E-state index in [1.54, 1.807) is 6.07 Å². The predicted molar refractivity (Wildman–Crippen MR) is 92.8 cm³/mol. The lowest BCUT2D eigenvalue weighted by molar-refractivity contribution is 0.251. The summed E-state index contributed by atoms with van der Waals surface area (Å²) in [4.78, 5) is 13.9. The molecular weight excluding hydrogens is 298 g/mol. The van der Waals surface area contributed by atoms with E-state index in [-0.39, 0.29) is 6.03 Å². The van der Waals surface area contributed by atoms with E-state index >= 15 is 0 Å². The van der Waals surface area contributed by atoms with Crippen molar-refractivity contribution in [2.75, 3.05) is 24.3 Å². The van der Waals surface area contributed by atoms with Crippen LogP contribution in [-0.2, 0) is 6.54 Å². The van der Waals surface area contributed by atoms with Gasteiger partial charge >= 0.3 is 6.03 Å². The molecule has 0 aliphatic rings. The minimum absolute atomic E-state index is 0.276.